The van der Waals surface area contributed by atoms with Gasteiger partial charge < -0.3 is 4.79 Å². The molecule has 1 aromatic heterocycles. The molecule has 1 heterocycles. The number of pyridine rings is 1. The van der Waals surface area contributed by atoms with Crippen LogP contribution in [0.3, 0.4) is 0 Å². The van der Waals surface area contributed by atoms with Gasteiger partial charge in [0.2, 0.25) is 0 Å². The molecule has 96 valence electrons. The molecule has 0 saturated carbocycles. The van der Waals surface area contributed by atoms with Gasteiger partial charge in [-0.1, -0.05) is 36.4 Å². The van der Waals surface area contributed by atoms with Gasteiger partial charge in [0.25, 0.3) is 0 Å². The van der Waals surface area contributed by atoms with Gasteiger partial charge in [0.05, 0.1) is 0 Å². The van der Waals surface area contributed by atoms with Gasteiger partial charge in [-0.25, -0.2) is 0 Å². The Labute approximate surface area is 112 Å². The van der Waals surface area contributed by atoms with Crippen LogP contribution in [0.1, 0.15) is 22.5 Å². The summed E-state index contributed by atoms with van der Waals surface area (Å²) in [5.41, 5.74) is 1.48. The lowest BCUT2D eigenvalue weighted by molar-refractivity contribution is -0.111. The highest BCUT2D eigenvalue weighted by molar-refractivity contribution is 5.95. The van der Waals surface area contributed by atoms with Crippen LogP contribution < -0.4 is 0 Å². The minimum atomic E-state index is -0.295. The monoisotopic (exact) mass is 253 g/mol. The van der Waals surface area contributed by atoms with E-state index in [0.29, 0.717) is 12.1 Å². The SMILES string of the molecule is O=CC(CC(=O)c1ccccn1)Cc1ccccc1. The minimum absolute atomic E-state index is 0.0892. The van der Waals surface area contributed by atoms with E-state index in [1.54, 1.807) is 24.4 Å². The quantitative estimate of drug-likeness (QED) is 0.587. The maximum absolute atomic E-state index is 12.0. The van der Waals surface area contributed by atoms with Gasteiger partial charge in [-0.3, -0.25) is 9.78 Å². The molecular formula is C16H15NO2. The molecule has 0 fully saturated rings. The van der Waals surface area contributed by atoms with Crippen molar-refractivity contribution in [3.05, 3.63) is 66.0 Å². The number of benzene rings is 1. The van der Waals surface area contributed by atoms with E-state index in [9.17, 15) is 9.59 Å². The number of nitrogens with zero attached hydrogens (tertiary/aromatic N) is 1. The van der Waals surface area contributed by atoms with Gasteiger partial charge >= 0.3 is 0 Å². The fraction of sp³-hybridized carbons (Fsp3) is 0.188. The molecule has 2 aromatic rings. The first-order valence-electron chi connectivity index (χ1n) is 6.23. The lowest BCUT2D eigenvalue weighted by Crippen LogP contribution is -2.13. The van der Waals surface area contributed by atoms with Crippen molar-refractivity contribution < 1.29 is 9.59 Å². The second-order valence-corrected chi connectivity index (χ2v) is 4.43. The van der Waals surface area contributed by atoms with Crippen molar-refractivity contribution in [1.82, 2.24) is 4.98 Å². The number of rotatable bonds is 6. The number of aromatic nitrogens is 1. The van der Waals surface area contributed by atoms with Gasteiger partial charge in [0.1, 0.15) is 12.0 Å². The van der Waals surface area contributed by atoms with E-state index in [-0.39, 0.29) is 18.1 Å². The van der Waals surface area contributed by atoms with Crippen molar-refractivity contribution in [2.45, 2.75) is 12.8 Å². The molecule has 3 nitrogen and oxygen atoms in total. The standard InChI is InChI=1S/C16H15NO2/c18-12-14(10-13-6-2-1-3-7-13)11-16(19)15-8-4-5-9-17-15/h1-9,12,14H,10-11H2. The Balaban J connectivity index is 2.00. The molecular weight excluding hydrogens is 238 g/mol. The van der Waals surface area contributed by atoms with Crippen LogP contribution in [0.5, 0.6) is 0 Å². The third-order valence-corrected chi connectivity index (χ3v) is 2.93. The molecule has 0 radical (unpaired) electrons. The number of Topliss-reactive ketones (excluding diaryl/α,β-unsaturated/α-hetero) is 1. The van der Waals surface area contributed by atoms with Crippen LogP contribution in [0.2, 0.25) is 0 Å². The number of hydrogen-bond acceptors (Lipinski definition) is 3. The van der Waals surface area contributed by atoms with Gasteiger partial charge in [-0.2, -0.15) is 0 Å². The molecule has 1 unspecified atom stereocenters. The van der Waals surface area contributed by atoms with Gasteiger partial charge in [-0.05, 0) is 24.1 Å². The smallest absolute Gasteiger partial charge is 0.181 e. The average molecular weight is 253 g/mol. The summed E-state index contributed by atoms with van der Waals surface area (Å²) in [4.78, 5) is 27.1. The number of carbonyl (C=O) groups excluding carboxylic acids is 2. The number of ketones is 1. The third kappa shape index (κ3) is 3.85. The fourth-order valence-electron chi connectivity index (χ4n) is 1.96. The molecule has 1 atom stereocenters. The zero-order chi connectivity index (χ0) is 13.5. The first kappa shape index (κ1) is 13.1. The first-order valence-corrected chi connectivity index (χ1v) is 6.23. The Morgan fingerprint density at radius 1 is 1.11 bits per heavy atom. The summed E-state index contributed by atoms with van der Waals surface area (Å²) in [6, 6.07) is 14.9. The van der Waals surface area contributed by atoms with Crippen molar-refractivity contribution in [3.8, 4) is 0 Å². The highest BCUT2D eigenvalue weighted by Gasteiger charge is 2.15. The normalized spacial score (nSPS) is 11.8. The summed E-state index contributed by atoms with van der Waals surface area (Å²) in [5, 5.41) is 0. The lowest BCUT2D eigenvalue weighted by Gasteiger charge is -2.09. The van der Waals surface area contributed by atoms with E-state index < -0.39 is 0 Å². The summed E-state index contributed by atoms with van der Waals surface area (Å²) in [5.74, 6) is -0.384. The predicted molar refractivity (Wildman–Crippen MR) is 72.9 cm³/mol. The Bertz CT molecular complexity index is 537. The average Bonchev–Trinajstić information content (AvgIpc) is 2.48. The molecule has 0 aliphatic carbocycles. The second-order valence-electron chi connectivity index (χ2n) is 4.43. The van der Waals surface area contributed by atoms with Crippen LogP contribution >= 0.6 is 0 Å². The minimum Gasteiger partial charge on any atom is -0.303 e. The van der Waals surface area contributed by atoms with Crippen molar-refractivity contribution in [3.63, 3.8) is 0 Å². The second kappa shape index (κ2) is 6.59. The first-order chi connectivity index (χ1) is 9.29. The van der Waals surface area contributed by atoms with Crippen LogP contribution in [0.25, 0.3) is 0 Å². The fourth-order valence-corrected chi connectivity index (χ4v) is 1.96. The topological polar surface area (TPSA) is 47.0 Å². The van der Waals surface area contributed by atoms with Crippen molar-refractivity contribution in [2.75, 3.05) is 0 Å². The van der Waals surface area contributed by atoms with Crippen molar-refractivity contribution in [2.24, 2.45) is 5.92 Å². The largest absolute Gasteiger partial charge is 0.303 e. The van der Waals surface area contributed by atoms with Gasteiger partial charge in [0.15, 0.2) is 5.78 Å². The van der Waals surface area contributed by atoms with Crippen molar-refractivity contribution >= 4 is 12.1 Å². The van der Waals surface area contributed by atoms with E-state index in [1.807, 2.05) is 30.3 Å². The third-order valence-electron chi connectivity index (χ3n) is 2.93. The molecule has 0 aliphatic rings. The van der Waals surface area contributed by atoms with Crippen LogP contribution in [-0.2, 0) is 11.2 Å². The number of hydrogen-bond donors (Lipinski definition) is 0. The summed E-state index contributed by atoms with van der Waals surface area (Å²) >= 11 is 0. The maximum atomic E-state index is 12.0. The van der Waals surface area contributed by atoms with E-state index in [0.717, 1.165) is 11.8 Å². The zero-order valence-electron chi connectivity index (χ0n) is 10.5. The van der Waals surface area contributed by atoms with Gasteiger partial charge in [-0.15, -0.1) is 0 Å². The lowest BCUT2D eigenvalue weighted by atomic mass is 9.94. The number of aldehydes is 1. The molecule has 2 rings (SSSR count). The molecule has 3 heteroatoms. The summed E-state index contributed by atoms with van der Waals surface area (Å²) in [6.45, 7) is 0. The van der Waals surface area contributed by atoms with Crippen LogP contribution in [0.4, 0.5) is 0 Å². The summed E-state index contributed by atoms with van der Waals surface area (Å²) < 4.78 is 0. The van der Waals surface area contributed by atoms with E-state index in [4.69, 9.17) is 0 Å². The highest BCUT2D eigenvalue weighted by atomic mass is 16.1. The molecule has 0 aliphatic heterocycles. The maximum Gasteiger partial charge on any atom is 0.181 e. The van der Waals surface area contributed by atoms with E-state index >= 15 is 0 Å². The van der Waals surface area contributed by atoms with E-state index in [2.05, 4.69) is 4.98 Å². The van der Waals surface area contributed by atoms with Crippen LogP contribution in [0, 0.1) is 5.92 Å². The van der Waals surface area contributed by atoms with Crippen LogP contribution in [-0.4, -0.2) is 17.1 Å². The molecule has 0 spiro atoms. The molecule has 0 saturated heterocycles. The predicted octanol–water partition coefficient (Wildman–Crippen LogP) is 2.71. The highest BCUT2D eigenvalue weighted by Crippen LogP contribution is 2.13. The summed E-state index contributed by atoms with van der Waals surface area (Å²) in [6.07, 6.45) is 3.23. The molecule has 0 N–H and O–H groups in total. The molecule has 0 amide bonds. The molecule has 19 heavy (non-hydrogen) atoms. The Hall–Kier alpha value is -2.29. The Kier molecular flexibility index (Phi) is 4.56. The Morgan fingerprint density at radius 3 is 2.47 bits per heavy atom. The molecule has 1 aromatic carbocycles. The van der Waals surface area contributed by atoms with E-state index in [1.165, 1.54) is 0 Å². The molecule has 0 bridgehead atoms. The number of carbonyl (C=O) groups is 2. The zero-order valence-corrected chi connectivity index (χ0v) is 10.5. The summed E-state index contributed by atoms with van der Waals surface area (Å²) in [7, 11) is 0. The van der Waals surface area contributed by atoms with Gasteiger partial charge in [0, 0.05) is 18.5 Å². The Morgan fingerprint density at radius 2 is 1.84 bits per heavy atom. The van der Waals surface area contributed by atoms with Crippen molar-refractivity contribution in [1.29, 1.82) is 0 Å². The van der Waals surface area contributed by atoms with Crippen LogP contribution in [0.15, 0.2) is 54.7 Å².